The first-order valence-electron chi connectivity index (χ1n) is 5.62. The molecule has 0 fully saturated rings. The summed E-state index contributed by atoms with van der Waals surface area (Å²) in [4.78, 5) is 11.3. The van der Waals surface area contributed by atoms with Gasteiger partial charge in [0.15, 0.2) is 24.2 Å². The minimum absolute atomic E-state index is 0.293. The third-order valence-corrected chi connectivity index (χ3v) is 2.30. The van der Waals surface area contributed by atoms with Crippen molar-refractivity contribution in [2.45, 2.75) is 12.3 Å². The van der Waals surface area contributed by atoms with Gasteiger partial charge in [-0.2, -0.15) is 13.2 Å². The van der Waals surface area contributed by atoms with Gasteiger partial charge in [-0.25, -0.2) is 0 Å². The Kier molecular flexibility index (Phi) is 5.63. The molecule has 2 N–H and O–H groups in total. The summed E-state index contributed by atoms with van der Waals surface area (Å²) < 4.78 is 46.1. The molecule has 112 valence electrons. The van der Waals surface area contributed by atoms with Crippen LogP contribution in [-0.2, 0) is 4.79 Å². The first-order chi connectivity index (χ1) is 9.34. The lowest BCUT2D eigenvalue weighted by atomic mass is 10.3. The molecule has 8 heteroatoms. The van der Waals surface area contributed by atoms with Gasteiger partial charge in [-0.1, -0.05) is 12.1 Å². The number of hydrogen-bond donors (Lipinski definition) is 2. The van der Waals surface area contributed by atoms with Gasteiger partial charge in [0.1, 0.15) is 0 Å². The van der Waals surface area contributed by atoms with Crippen LogP contribution in [0, 0.1) is 0 Å². The van der Waals surface area contributed by atoms with Crippen molar-refractivity contribution in [3.05, 3.63) is 24.3 Å². The quantitative estimate of drug-likeness (QED) is 0.824. The number of halogens is 3. The normalized spacial score (nSPS) is 12.7. The number of amides is 1. The van der Waals surface area contributed by atoms with Gasteiger partial charge in [0.05, 0.1) is 13.7 Å². The summed E-state index contributed by atoms with van der Waals surface area (Å²) >= 11 is 0. The molecular formula is C12H14F3NO4. The Morgan fingerprint density at radius 2 is 1.95 bits per heavy atom. The summed E-state index contributed by atoms with van der Waals surface area (Å²) in [6.07, 6.45) is -7.37. The lowest BCUT2D eigenvalue weighted by Gasteiger charge is -2.15. The summed E-state index contributed by atoms with van der Waals surface area (Å²) in [5.74, 6) is -0.0867. The molecule has 0 heterocycles. The number of nitrogens with one attached hydrogen (secondary N) is 1. The van der Waals surface area contributed by atoms with Crippen LogP contribution >= 0.6 is 0 Å². The van der Waals surface area contributed by atoms with Crippen molar-refractivity contribution < 1.29 is 32.5 Å². The number of alkyl halides is 3. The van der Waals surface area contributed by atoms with Crippen molar-refractivity contribution in [2.24, 2.45) is 0 Å². The van der Waals surface area contributed by atoms with E-state index in [1.165, 1.54) is 7.11 Å². The third kappa shape index (κ3) is 4.96. The molecule has 0 spiro atoms. The zero-order chi connectivity index (χ0) is 15.2. The monoisotopic (exact) mass is 293 g/mol. The molecule has 0 saturated carbocycles. The average molecular weight is 293 g/mol. The molecule has 0 aliphatic rings. The van der Waals surface area contributed by atoms with Gasteiger partial charge < -0.3 is 19.9 Å². The number of methoxy groups -OCH3 is 1. The number of carbonyl (C=O) groups excluding carboxylic acids is 1. The van der Waals surface area contributed by atoms with E-state index in [9.17, 15) is 18.0 Å². The third-order valence-electron chi connectivity index (χ3n) is 2.30. The summed E-state index contributed by atoms with van der Waals surface area (Å²) in [5.41, 5.74) is 0. The molecular weight excluding hydrogens is 279 g/mol. The molecule has 1 atom stereocenters. The Balaban J connectivity index is 2.40. The molecule has 1 rings (SSSR count). The first-order valence-corrected chi connectivity index (χ1v) is 5.62. The van der Waals surface area contributed by atoms with Crippen molar-refractivity contribution >= 4 is 5.91 Å². The molecule has 0 radical (unpaired) electrons. The fraction of sp³-hybridized carbons (Fsp3) is 0.417. The highest BCUT2D eigenvalue weighted by atomic mass is 19.4. The van der Waals surface area contributed by atoms with Crippen LogP contribution in [0.15, 0.2) is 24.3 Å². The maximum Gasteiger partial charge on any atom is 0.416 e. The number of ether oxygens (including phenoxy) is 2. The second-order valence-corrected chi connectivity index (χ2v) is 3.80. The number of aliphatic hydroxyl groups excluding tert-OH is 1. The Morgan fingerprint density at radius 3 is 2.50 bits per heavy atom. The molecule has 0 aliphatic carbocycles. The smallest absolute Gasteiger partial charge is 0.416 e. The van der Waals surface area contributed by atoms with Crippen LogP contribution in [0.25, 0.3) is 0 Å². The lowest BCUT2D eigenvalue weighted by Crippen LogP contribution is -2.42. The van der Waals surface area contributed by atoms with Crippen LogP contribution in [0.1, 0.15) is 0 Å². The van der Waals surface area contributed by atoms with Gasteiger partial charge in [0.2, 0.25) is 0 Å². The molecule has 1 aromatic rings. The van der Waals surface area contributed by atoms with Crippen molar-refractivity contribution in [1.82, 2.24) is 5.32 Å². The molecule has 1 amide bonds. The van der Waals surface area contributed by atoms with Crippen LogP contribution in [0.5, 0.6) is 11.5 Å². The van der Waals surface area contributed by atoms with E-state index in [1.807, 2.05) is 5.32 Å². The predicted octanol–water partition coefficient (Wildman–Crippen LogP) is 1.11. The number of carbonyl (C=O) groups is 1. The molecule has 0 aliphatic heterocycles. The molecule has 1 unspecified atom stereocenters. The van der Waals surface area contributed by atoms with E-state index in [1.54, 1.807) is 24.3 Å². The SMILES string of the molecule is COc1ccccc1OCC(=O)NCC(O)C(F)(F)F. The summed E-state index contributed by atoms with van der Waals surface area (Å²) in [5, 5.41) is 10.6. The van der Waals surface area contributed by atoms with Gasteiger partial charge in [-0.15, -0.1) is 0 Å². The van der Waals surface area contributed by atoms with Crippen LogP contribution in [0.2, 0.25) is 0 Å². The van der Waals surface area contributed by atoms with E-state index < -0.39 is 31.3 Å². The molecule has 0 saturated heterocycles. The molecule has 1 aromatic carbocycles. The van der Waals surface area contributed by atoms with Gasteiger partial charge in [0, 0.05) is 0 Å². The van der Waals surface area contributed by atoms with Crippen molar-refractivity contribution in [1.29, 1.82) is 0 Å². The molecule has 5 nitrogen and oxygen atoms in total. The van der Waals surface area contributed by atoms with Gasteiger partial charge in [-0.3, -0.25) is 4.79 Å². The topological polar surface area (TPSA) is 67.8 Å². The first kappa shape index (κ1) is 16.1. The maximum absolute atomic E-state index is 12.0. The van der Waals surface area contributed by atoms with E-state index in [0.717, 1.165) is 0 Å². The Bertz CT molecular complexity index is 451. The molecule has 20 heavy (non-hydrogen) atoms. The number of aliphatic hydroxyl groups is 1. The molecule has 0 aromatic heterocycles. The predicted molar refractivity (Wildman–Crippen MR) is 63.6 cm³/mol. The van der Waals surface area contributed by atoms with Crippen molar-refractivity contribution in [3.8, 4) is 11.5 Å². The van der Waals surface area contributed by atoms with E-state index in [4.69, 9.17) is 14.6 Å². The lowest BCUT2D eigenvalue weighted by molar-refractivity contribution is -0.201. The van der Waals surface area contributed by atoms with E-state index in [-0.39, 0.29) is 0 Å². The second kappa shape index (κ2) is 6.99. The van der Waals surface area contributed by atoms with Gasteiger partial charge in [-0.05, 0) is 12.1 Å². The standard InChI is InChI=1S/C12H14F3NO4/c1-19-8-4-2-3-5-9(8)20-7-11(18)16-6-10(17)12(13,14)15/h2-5,10,17H,6-7H2,1H3,(H,16,18). The highest BCUT2D eigenvalue weighted by Gasteiger charge is 2.38. The maximum atomic E-state index is 12.0. The van der Waals surface area contributed by atoms with Gasteiger partial charge >= 0.3 is 6.18 Å². The fourth-order valence-corrected chi connectivity index (χ4v) is 1.26. The Hall–Kier alpha value is -1.96. The van der Waals surface area contributed by atoms with E-state index in [2.05, 4.69) is 0 Å². The minimum Gasteiger partial charge on any atom is -0.493 e. The van der Waals surface area contributed by atoms with Crippen LogP contribution in [-0.4, -0.2) is 43.6 Å². The second-order valence-electron chi connectivity index (χ2n) is 3.80. The average Bonchev–Trinajstić information content (AvgIpc) is 2.41. The summed E-state index contributed by atoms with van der Waals surface area (Å²) in [6, 6.07) is 6.52. The highest BCUT2D eigenvalue weighted by molar-refractivity contribution is 5.77. The van der Waals surface area contributed by atoms with E-state index in [0.29, 0.717) is 11.5 Å². The number of benzene rings is 1. The zero-order valence-electron chi connectivity index (χ0n) is 10.6. The van der Waals surface area contributed by atoms with Crippen molar-refractivity contribution in [2.75, 3.05) is 20.3 Å². The number of rotatable bonds is 6. The van der Waals surface area contributed by atoms with Crippen molar-refractivity contribution in [3.63, 3.8) is 0 Å². The number of para-hydroxylation sites is 2. The van der Waals surface area contributed by atoms with Crippen LogP contribution < -0.4 is 14.8 Å². The van der Waals surface area contributed by atoms with E-state index >= 15 is 0 Å². The number of hydrogen-bond acceptors (Lipinski definition) is 4. The summed E-state index contributed by atoms with van der Waals surface area (Å²) in [6.45, 7) is -1.40. The Labute approximate surface area is 113 Å². The van der Waals surface area contributed by atoms with Crippen LogP contribution in [0.4, 0.5) is 13.2 Å². The Morgan fingerprint density at radius 1 is 1.35 bits per heavy atom. The minimum atomic E-state index is -4.77. The summed E-state index contributed by atoms with van der Waals surface area (Å²) in [7, 11) is 1.42. The molecule has 0 bridgehead atoms. The van der Waals surface area contributed by atoms with Crippen LogP contribution in [0.3, 0.4) is 0 Å². The fourth-order valence-electron chi connectivity index (χ4n) is 1.26. The largest absolute Gasteiger partial charge is 0.493 e. The zero-order valence-corrected chi connectivity index (χ0v) is 10.6. The highest BCUT2D eigenvalue weighted by Crippen LogP contribution is 2.25. The van der Waals surface area contributed by atoms with Gasteiger partial charge in [0.25, 0.3) is 5.91 Å².